The summed E-state index contributed by atoms with van der Waals surface area (Å²) in [6.07, 6.45) is 4.95. The molecule has 0 saturated heterocycles. The van der Waals surface area contributed by atoms with Crippen molar-refractivity contribution in [2.45, 2.75) is 13.0 Å². The van der Waals surface area contributed by atoms with E-state index in [4.69, 9.17) is 9.47 Å². The zero-order valence-electron chi connectivity index (χ0n) is 13.0. The summed E-state index contributed by atoms with van der Waals surface area (Å²) in [4.78, 5) is 9.72. The zero-order chi connectivity index (χ0) is 15.6. The Hall–Kier alpha value is -1.64. The van der Waals surface area contributed by atoms with Crippen molar-refractivity contribution < 1.29 is 9.47 Å². The third-order valence-corrected chi connectivity index (χ3v) is 3.76. The second-order valence-corrected chi connectivity index (χ2v) is 5.51. The maximum absolute atomic E-state index is 5.41. The Balaban J connectivity index is 1.62. The number of hydrogen-bond acceptors (Lipinski definition) is 5. The minimum absolute atomic E-state index is 0.638. The lowest BCUT2D eigenvalue weighted by Crippen LogP contribution is -2.37. The van der Waals surface area contributed by atoms with Gasteiger partial charge in [-0.25, -0.2) is 4.98 Å². The van der Waals surface area contributed by atoms with E-state index in [0.717, 1.165) is 29.6 Å². The van der Waals surface area contributed by atoms with Crippen LogP contribution in [-0.2, 0) is 16.0 Å². The van der Waals surface area contributed by atoms with Crippen LogP contribution in [0.5, 0.6) is 0 Å². The molecule has 2 rings (SSSR count). The number of nitrogens with one attached hydrogen (secondary N) is 2. The molecule has 0 saturated carbocycles. The first-order valence-corrected chi connectivity index (χ1v) is 8.13. The normalized spacial score (nSPS) is 12.0. The lowest BCUT2D eigenvalue weighted by Gasteiger charge is -2.11. The molecule has 0 aliphatic carbocycles. The van der Waals surface area contributed by atoms with Gasteiger partial charge in [0.25, 0.3) is 0 Å². The molecule has 2 N–H and O–H groups in total. The number of rotatable bonds is 9. The largest absolute Gasteiger partial charge is 0.382 e. The van der Waals surface area contributed by atoms with Crippen molar-refractivity contribution in [2.75, 3.05) is 40.5 Å². The average Bonchev–Trinajstić information content (AvgIpc) is 3.10. The van der Waals surface area contributed by atoms with Gasteiger partial charge in [0.15, 0.2) is 10.9 Å². The van der Waals surface area contributed by atoms with Crippen LogP contribution in [0.3, 0.4) is 0 Å². The second kappa shape index (κ2) is 9.39. The Morgan fingerprint density at radius 3 is 3.05 bits per heavy atom. The maximum atomic E-state index is 5.41. The Morgan fingerprint density at radius 2 is 2.27 bits per heavy atom. The van der Waals surface area contributed by atoms with E-state index in [-0.39, 0.29) is 0 Å². The number of hydrogen-bond donors (Lipinski definition) is 2. The highest BCUT2D eigenvalue weighted by Crippen LogP contribution is 2.10. The monoisotopic (exact) mass is 325 g/mol. The smallest absolute Gasteiger partial charge is 0.193 e. The summed E-state index contributed by atoms with van der Waals surface area (Å²) in [5.41, 5.74) is 0.998. The predicted octanol–water partition coefficient (Wildman–Crippen LogP) is 1.11. The van der Waals surface area contributed by atoms with Crippen LogP contribution < -0.4 is 10.6 Å². The molecule has 0 aromatic carbocycles. The number of aliphatic imine (C=N–C) groups is 1. The molecule has 2 heterocycles. The molecule has 0 aliphatic rings. The van der Waals surface area contributed by atoms with Gasteiger partial charge in [0.1, 0.15) is 0 Å². The summed E-state index contributed by atoms with van der Waals surface area (Å²) in [5, 5.41) is 8.53. The van der Waals surface area contributed by atoms with Gasteiger partial charge >= 0.3 is 0 Å². The van der Waals surface area contributed by atoms with Crippen LogP contribution in [0.25, 0.3) is 4.96 Å². The highest BCUT2D eigenvalue weighted by atomic mass is 32.1. The first-order chi connectivity index (χ1) is 10.8. The number of thiazole rings is 1. The van der Waals surface area contributed by atoms with Crippen LogP contribution in [-0.4, -0.2) is 55.9 Å². The van der Waals surface area contributed by atoms with Crippen molar-refractivity contribution >= 4 is 22.3 Å². The summed E-state index contributed by atoms with van der Waals surface area (Å²) >= 11 is 1.63. The van der Waals surface area contributed by atoms with Crippen LogP contribution in [0.2, 0.25) is 0 Å². The summed E-state index contributed by atoms with van der Waals surface area (Å²) in [6, 6.07) is 0. The van der Waals surface area contributed by atoms with E-state index in [1.54, 1.807) is 25.5 Å². The summed E-state index contributed by atoms with van der Waals surface area (Å²) in [6.45, 7) is 3.45. The highest BCUT2D eigenvalue weighted by Gasteiger charge is 2.03. The standard InChI is InChI=1S/C14H23N5O2S/c1-15-13(16-4-3-6-21-8-7-20-2)17-10-12-11-19-5-9-22-14(19)18-12/h5,9,11H,3-4,6-8,10H2,1-2H3,(H2,15,16,17). The molecule has 0 fully saturated rings. The van der Waals surface area contributed by atoms with Crippen molar-refractivity contribution in [1.29, 1.82) is 0 Å². The molecule has 0 atom stereocenters. The van der Waals surface area contributed by atoms with E-state index in [0.29, 0.717) is 26.4 Å². The minimum Gasteiger partial charge on any atom is -0.382 e. The fourth-order valence-electron chi connectivity index (χ4n) is 1.88. The molecule has 0 bridgehead atoms. The van der Waals surface area contributed by atoms with E-state index in [1.807, 2.05) is 22.2 Å². The number of guanidine groups is 1. The maximum Gasteiger partial charge on any atom is 0.193 e. The van der Waals surface area contributed by atoms with E-state index >= 15 is 0 Å². The molecule has 0 amide bonds. The second-order valence-electron chi connectivity index (χ2n) is 4.64. The third-order valence-electron chi connectivity index (χ3n) is 2.99. The Bertz CT molecular complexity index is 552. The van der Waals surface area contributed by atoms with Gasteiger partial charge in [-0.2, -0.15) is 0 Å². The summed E-state index contributed by atoms with van der Waals surface area (Å²) in [5.74, 6) is 0.772. The molecule has 0 unspecified atom stereocenters. The molecular weight excluding hydrogens is 302 g/mol. The lowest BCUT2D eigenvalue weighted by molar-refractivity contribution is 0.0698. The molecule has 0 radical (unpaired) electrons. The summed E-state index contributed by atoms with van der Waals surface area (Å²) < 4.78 is 12.3. The molecule has 8 heteroatoms. The Morgan fingerprint density at radius 1 is 1.36 bits per heavy atom. The molecule has 122 valence electrons. The van der Waals surface area contributed by atoms with Gasteiger partial charge in [0.05, 0.1) is 25.5 Å². The SMILES string of the molecule is CN=C(NCCCOCCOC)NCc1cn2ccsc2n1. The quantitative estimate of drug-likeness (QED) is 0.411. The van der Waals surface area contributed by atoms with Gasteiger partial charge in [0, 0.05) is 45.1 Å². The number of nitrogens with zero attached hydrogens (tertiary/aromatic N) is 3. The van der Waals surface area contributed by atoms with Gasteiger partial charge in [-0.1, -0.05) is 0 Å². The van der Waals surface area contributed by atoms with Crippen molar-refractivity contribution in [2.24, 2.45) is 4.99 Å². The molecule has 2 aromatic heterocycles. The van der Waals surface area contributed by atoms with Crippen molar-refractivity contribution in [3.8, 4) is 0 Å². The van der Waals surface area contributed by atoms with Crippen molar-refractivity contribution in [3.05, 3.63) is 23.5 Å². The minimum atomic E-state index is 0.638. The van der Waals surface area contributed by atoms with Gasteiger partial charge in [-0.15, -0.1) is 11.3 Å². The van der Waals surface area contributed by atoms with E-state index in [9.17, 15) is 0 Å². The molecule has 2 aromatic rings. The molecule has 22 heavy (non-hydrogen) atoms. The third kappa shape index (κ3) is 5.28. The number of ether oxygens (including phenoxy) is 2. The number of methoxy groups -OCH3 is 1. The molecule has 0 spiro atoms. The first kappa shape index (κ1) is 16.7. The van der Waals surface area contributed by atoms with E-state index in [1.165, 1.54) is 0 Å². The average molecular weight is 325 g/mol. The predicted molar refractivity (Wildman–Crippen MR) is 88.6 cm³/mol. The lowest BCUT2D eigenvalue weighted by atomic mass is 10.4. The van der Waals surface area contributed by atoms with Crippen LogP contribution >= 0.6 is 11.3 Å². The summed E-state index contributed by atoms with van der Waals surface area (Å²) in [7, 11) is 3.43. The van der Waals surface area contributed by atoms with Gasteiger partial charge in [-0.05, 0) is 6.42 Å². The molecule has 0 aliphatic heterocycles. The number of imidazole rings is 1. The fraction of sp³-hybridized carbons (Fsp3) is 0.571. The van der Waals surface area contributed by atoms with Crippen LogP contribution in [0, 0.1) is 0 Å². The van der Waals surface area contributed by atoms with Crippen LogP contribution in [0.4, 0.5) is 0 Å². The number of fused-ring (bicyclic) bond motifs is 1. The van der Waals surface area contributed by atoms with E-state index in [2.05, 4.69) is 20.6 Å². The van der Waals surface area contributed by atoms with Gasteiger partial charge in [0.2, 0.25) is 0 Å². The van der Waals surface area contributed by atoms with Crippen molar-refractivity contribution in [3.63, 3.8) is 0 Å². The van der Waals surface area contributed by atoms with Crippen molar-refractivity contribution in [1.82, 2.24) is 20.0 Å². The zero-order valence-corrected chi connectivity index (χ0v) is 13.9. The van der Waals surface area contributed by atoms with Gasteiger partial charge < -0.3 is 20.1 Å². The molecular formula is C14H23N5O2S. The fourth-order valence-corrected chi connectivity index (χ4v) is 2.60. The van der Waals surface area contributed by atoms with Crippen LogP contribution in [0.1, 0.15) is 12.1 Å². The van der Waals surface area contributed by atoms with Crippen LogP contribution in [0.15, 0.2) is 22.8 Å². The Labute approximate surface area is 134 Å². The Kier molecular flexibility index (Phi) is 7.14. The van der Waals surface area contributed by atoms with E-state index < -0.39 is 0 Å². The topological polar surface area (TPSA) is 72.2 Å². The van der Waals surface area contributed by atoms with Gasteiger partial charge in [-0.3, -0.25) is 9.39 Å². The number of aromatic nitrogens is 2. The molecule has 7 nitrogen and oxygen atoms in total. The first-order valence-electron chi connectivity index (χ1n) is 7.25. The highest BCUT2D eigenvalue weighted by molar-refractivity contribution is 7.15.